The molecule has 5 rings (SSSR count). The van der Waals surface area contributed by atoms with Gasteiger partial charge < -0.3 is 0 Å². The largest absolute Gasteiger partial charge is 0.291 e. The molecule has 1 fully saturated rings. The highest BCUT2D eigenvalue weighted by atomic mass is 16.1. The number of aromatic nitrogens is 4. The van der Waals surface area contributed by atoms with Gasteiger partial charge in [-0.05, 0) is 30.5 Å². The summed E-state index contributed by atoms with van der Waals surface area (Å²) in [6.45, 7) is 0. The molecule has 134 valence electrons. The Balaban J connectivity index is 1.74. The minimum Gasteiger partial charge on any atom is -0.291 e. The van der Waals surface area contributed by atoms with Crippen molar-refractivity contribution in [1.82, 2.24) is 19.1 Å². The Hall–Kier alpha value is -3.21. The number of hydrogen-bond acceptors (Lipinski definition) is 3. The molecular weight excluding hydrogens is 336 g/mol. The molecule has 0 radical (unpaired) electrons. The minimum absolute atomic E-state index is 0.0738. The van der Waals surface area contributed by atoms with E-state index in [9.17, 15) is 4.79 Å². The van der Waals surface area contributed by atoms with Crippen molar-refractivity contribution in [2.45, 2.75) is 31.7 Å². The number of benzene rings is 1. The van der Waals surface area contributed by atoms with Crippen LogP contribution in [0.1, 0.15) is 31.7 Å². The molecule has 1 aliphatic carbocycles. The van der Waals surface area contributed by atoms with Gasteiger partial charge in [-0.2, -0.15) is 0 Å². The Bertz CT molecular complexity index is 1150. The molecule has 0 aliphatic heterocycles. The van der Waals surface area contributed by atoms with E-state index in [1.165, 1.54) is 12.8 Å². The van der Waals surface area contributed by atoms with E-state index in [4.69, 9.17) is 9.97 Å². The zero-order valence-electron chi connectivity index (χ0n) is 15.0. The van der Waals surface area contributed by atoms with Crippen LogP contribution in [-0.4, -0.2) is 19.1 Å². The van der Waals surface area contributed by atoms with Crippen molar-refractivity contribution in [3.63, 3.8) is 0 Å². The maximum absolute atomic E-state index is 12.4. The molecule has 4 aromatic rings. The van der Waals surface area contributed by atoms with Gasteiger partial charge in [0.25, 0.3) is 5.56 Å². The molecule has 27 heavy (non-hydrogen) atoms. The molecule has 0 bridgehead atoms. The highest BCUT2D eigenvalue weighted by Crippen LogP contribution is 2.34. The second kappa shape index (κ2) is 6.50. The zero-order valence-corrected chi connectivity index (χ0v) is 15.0. The molecule has 3 aromatic heterocycles. The summed E-state index contributed by atoms with van der Waals surface area (Å²) < 4.78 is 3.79. The molecule has 3 heterocycles. The lowest BCUT2D eigenvalue weighted by Crippen LogP contribution is -2.21. The van der Waals surface area contributed by atoms with Crippen molar-refractivity contribution >= 4 is 11.2 Å². The number of imidazole rings is 1. The first-order valence-electron chi connectivity index (χ1n) is 9.43. The van der Waals surface area contributed by atoms with Gasteiger partial charge in [-0.25, -0.2) is 9.97 Å². The predicted molar refractivity (Wildman–Crippen MR) is 106 cm³/mol. The van der Waals surface area contributed by atoms with Crippen LogP contribution >= 0.6 is 0 Å². The molecule has 1 aliphatic rings. The van der Waals surface area contributed by atoms with Crippen LogP contribution in [-0.2, 0) is 0 Å². The van der Waals surface area contributed by atoms with Crippen LogP contribution in [0.15, 0.2) is 71.8 Å². The second-order valence-corrected chi connectivity index (χ2v) is 7.06. The predicted octanol–water partition coefficient (Wildman–Crippen LogP) is 4.36. The number of rotatable bonds is 3. The number of nitrogens with zero attached hydrogens (tertiary/aromatic N) is 4. The Morgan fingerprint density at radius 2 is 1.70 bits per heavy atom. The monoisotopic (exact) mass is 356 g/mol. The molecule has 0 saturated heterocycles. The van der Waals surface area contributed by atoms with E-state index in [0.717, 1.165) is 35.1 Å². The summed E-state index contributed by atoms with van der Waals surface area (Å²) >= 11 is 0. The molecule has 0 unspecified atom stereocenters. The van der Waals surface area contributed by atoms with Gasteiger partial charge in [0.1, 0.15) is 5.52 Å². The van der Waals surface area contributed by atoms with Gasteiger partial charge in [-0.15, -0.1) is 0 Å². The van der Waals surface area contributed by atoms with Gasteiger partial charge in [0, 0.05) is 30.1 Å². The Kier molecular flexibility index (Phi) is 3.85. The molecule has 0 spiro atoms. The Morgan fingerprint density at radius 3 is 2.48 bits per heavy atom. The third-order valence-corrected chi connectivity index (χ3v) is 5.35. The number of pyridine rings is 2. The lowest BCUT2D eigenvalue weighted by atomic mass is 10.1. The van der Waals surface area contributed by atoms with Crippen molar-refractivity contribution < 1.29 is 0 Å². The molecule has 1 saturated carbocycles. The maximum Gasteiger partial charge on any atom is 0.257 e. The average molecular weight is 356 g/mol. The maximum atomic E-state index is 12.4. The van der Waals surface area contributed by atoms with E-state index >= 15 is 0 Å². The summed E-state index contributed by atoms with van der Waals surface area (Å²) in [7, 11) is 0. The highest BCUT2D eigenvalue weighted by Gasteiger charge is 2.24. The van der Waals surface area contributed by atoms with Crippen molar-refractivity contribution in [1.29, 1.82) is 0 Å². The van der Waals surface area contributed by atoms with Crippen molar-refractivity contribution in [3.8, 4) is 17.1 Å². The molecular formula is C22H20N4O. The Labute approximate surface area is 156 Å². The number of hydrogen-bond donors (Lipinski definition) is 0. The van der Waals surface area contributed by atoms with E-state index in [1.807, 2.05) is 30.5 Å². The SMILES string of the molecule is O=c1ccccn1-c1nc2cc(-c3ccccc3)cnc2n1C1CCCC1. The molecule has 1 aromatic carbocycles. The van der Waals surface area contributed by atoms with Crippen LogP contribution in [0.4, 0.5) is 0 Å². The normalized spacial score (nSPS) is 14.8. The lowest BCUT2D eigenvalue weighted by molar-refractivity contribution is 0.517. The highest BCUT2D eigenvalue weighted by molar-refractivity contribution is 5.79. The van der Waals surface area contributed by atoms with E-state index in [2.05, 4.69) is 22.8 Å². The van der Waals surface area contributed by atoms with Crippen LogP contribution in [0.5, 0.6) is 0 Å². The van der Waals surface area contributed by atoms with Crippen LogP contribution in [0.2, 0.25) is 0 Å². The van der Waals surface area contributed by atoms with E-state index in [-0.39, 0.29) is 5.56 Å². The molecule has 5 nitrogen and oxygen atoms in total. The average Bonchev–Trinajstić information content (AvgIpc) is 3.36. The first-order chi connectivity index (χ1) is 13.3. The second-order valence-electron chi connectivity index (χ2n) is 7.06. The molecule has 0 amide bonds. The quantitative estimate of drug-likeness (QED) is 0.548. The summed E-state index contributed by atoms with van der Waals surface area (Å²) in [5.74, 6) is 0.667. The van der Waals surface area contributed by atoms with Gasteiger partial charge in [0.2, 0.25) is 5.95 Å². The van der Waals surface area contributed by atoms with Crippen LogP contribution < -0.4 is 5.56 Å². The molecule has 0 N–H and O–H groups in total. The fraction of sp³-hybridized carbons (Fsp3) is 0.227. The number of fused-ring (bicyclic) bond motifs is 1. The first kappa shape index (κ1) is 16.0. The third-order valence-electron chi connectivity index (χ3n) is 5.35. The van der Waals surface area contributed by atoms with Gasteiger partial charge in [0.15, 0.2) is 5.65 Å². The van der Waals surface area contributed by atoms with Crippen LogP contribution in [0, 0.1) is 0 Å². The van der Waals surface area contributed by atoms with Crippen molar-refractivity contribution in [2.75, 3.05) is 0 Å². The van der Waals surface area contributed by atoms with Gasteiger partial charge in [0.05, 0.1) is 0 Å². The summed E-state index contributed by atoms with van der Waals surface area (Å²) in [5, 5.41) is 0. The molecule has 5 heteroatoms. The van der Waals surface area contributed by atoms with Gasteiger partial charge in [-0.1, -0.05) is 49.2 Å². The van der Waals surface area contributed by atoms with Crippen molar-refractivity contribution in [3.05, 3.63) is 77.3 Å². The smallest absolute Gasteiger partial charge is 0.257 e. The summed E-state index contributed by atoms with van der Waals surface area (Å²) in [5.41, 5.74) is 3.75. The lowest BCUT2D eigenvalue weighted by Gasteiger charge is -2.16. The van der Waals surface area contributed by atoms with E-state index in [1.54, 1.807) is 22.9 Å². The van der Waals surface area contributed by atoms with Gasteiger partial charge >= 0.3 is 0 Å². The van der Waals surface area contributed by atoms with E-state index < -0.39 is 0 Å². The van der Waals surface area contributed by atoms with Crippen LogP contribution in [0.25, 0.3) is 28.2 Å². The van der Waals surface area contributed by atoms with Gasteiger partial charge in [-0.3, -0.25) is 13.9 Å². The molecule has 0 atom stereocenters. The fourth-order valence-corrected chi connectivity index (χ4v) is 4.02. The van der Waals surface area contributed by atoms with Crippen LogP contribution in [0.3, 0.4) is 0 Å². The van der Waals surface area contributed by atoms with Crippen molar-refractivity contribution in [2.24, 2.45) is 0 Å². The standard InChI is InChI=1S/C22H20N4O/c27-20-12-6-7-13-25(20)22-24-19-14-17(16-8-2-1-3-9-16)15-23-21(19)26(22)18-10-4-5-11-18/h1-3,6-9,12-15,18H,4-5,10-11H2. The third kappa shape index (κ3) is 2.76. The summed E-state index contributed by atoms with van der Waals surface area (Å²) in [6, 6.07) is 17.8. The zero-order chi connectivity index (χ0) is 18.2. The topological polar surface area (TPSA) is 52.7 Å². The Morgan fingerprint density at radius 1 is 0.926 bits per heavy atom. The minimum atomic E-state index is -0.0738. The summed E-state index contributed by atoms with van der Waals surface area (Å²) in [6.07, 6.45) is 8.30. The summed E-state index contributed by atoms with van der Waals surface area (Å²) in [4.78, 5) is 22.0. The van der Waals surface area contributed by atoms with E-state index in [0.29, 0.717) is 12.0 Å². The fourth-order valence-electron chi connectivity index (χ4n) is 4.02. The first-order valence-corrected chi connectivity index (χ1v) is 9.43.